The molecular formula is C15H16N4O3S. The molecule has 0 atom stereocenters. The highest BCUT2D eigenvalue weighted by Gasteiger charge is 2.26. The summed E-state index contributed by atoms with van der Waals surface area (Å²) in [5.74, 6) is 0.236. The number of hydrogen-bond acceptors (Lipinski definition) is 6. The van der Waals surface area contributed by atoms with E-state index < -0.39 is 0 Å². The standard InChI is InChI=1S/C15H16N4O3S/c1-9-3-4-11(7-10(9)2)13-17-18-15(22-13)23-8-12(20)19-6-5-16-14(19)21/h3-4,7H,5-6,8H2,1-2H3,(H,16,21). The van der Waals surface area contributed by atoms with Gasteiger partial charge in [0.25, 0.3) is 5.22 Å². The van der Waals surface area contributed by atoms with Crippen molar-refractivity contribution in [3.05, 3.63) is 29.3 Å². The van der Waals surface area contributed by atoms with Crippen LogP contribution in [0.3, 0.4) is 0 Å². The first kappa shape index (κ1) is 15.5. The second-order valence-corrected chi connectivity index (χ2v) is 6.16. The van der Waals surface area contributed by atoms with Gasteiger partial charge in [-0.3, -0.25) is 9.69 Å². The van der Waals surface area contributed by atoms with Crippen molar-refractivity contribution < 1.29 is 14.0 Å². The molecule has 23 heavy (non-hydrogen) atoms. The summed E-state index contributed by atoms with van der Waals surface area (Å²) in [5, 5.41) is 10.8. The number of imide groups is 1. The van der Waals surface area contributed by atoms with Crippen LogP contribution in [0.5, 0.6) is 0 Å². The number of rotatable bonds is 4. The van der Waals surface area contributed by atoms with Gasteiger partial charge in [-0.15, -0.1) is 10.2 Å². The largest absolute Gasteiger partial charge is 0.411 e. The molecule has 1 saturated heterocycles. The average molecular weight is 332 g/mol. The normalized spacial score (nSPS) is 14.2. The van der Waals surface area contributed by atoms with Crippen LogP contribution < -0.4 is 5.32 Å². The smallest absolute Gasteiger partial charge is 0.324 e. The summed E-state index contributed by atoms with van der Waals surface area (Å²) in [6, 6.07) is 5.55. The van der Waals surface area contributed by atoms with E-state index in [-0.39, 0.29) is 17.7 Å². The molecule has 0 saturated carbocycles. The first-order valence-electron chi connectivity index (χ1n) is 7.17. The fourth-order valence-electron chi connectivity index (χ4n) is 2.17. The molecule has 1 aromatic carbocycles. The summed E-state index contributed by atoms with van der Waals surface area (Å²) in [7, 11) is 0. The first-order chi connectivity index (χ1) is 11.0. The number of thioether (sulfide) groups is 1. The summed E-state index contributed by atoms with van der Waals surface area (Å²) >= 11 is 1.13. The van der Waals surface area contributed by atoms with Crippen molar-refractivity contribution in [1.82, 2.24) is 20.4 Å². The van der Waals surface area contributed by atoms with Gasteiger partial charge in [0.05, 0.1) is 5.75 Å². The van der Waals surface area contributed by atoms with Gasteiger partial charge in [-0.1, -0.05) is 17.8 Å². The van der Waals surface area contributed by atoms with Crippen LogP contribution in [-0.2, 0) is 4.79 Å². The molecule has 1 N–H and O–H groups in total. The lowest BCUT2D eigenvalue weighted by Gasteiger charge is -2.10. The Morgan fingerprint density at radius 1 is 1.35 bits per heavy atom. The summed E-state index contributed by atoms with van der Waals surface area (Å²) in [4.78, 5) is 24.5. The summed E-state index contributed by atoms with van der Waals surface area (Å²) < 4.78 is 5.57. The van der Waals surface area contributed by atoms with Crippen LogP contribution in [0.25, 0.3) is 11.5 Å². The number of hydrogen-bond donors (Lipinski definition) is 1. The maximum Gasteiger partial charge on any atom is 0.324 e. The fourth-order valence-corrected chi connectivity index (χ4v) is 2.81. The molecule has 0 aliphatic carbocycles. The van der Waals surface area contributed by atoms with Crippen LogP contribution in [0.1, 0.15) is 11.1 Å². The molecule has 7 nitrogen and oxygen atoms in total. The van der Waals surface area contributed by atoms with Gasteiger partial charge in [-0.2, -0.15) is 0 Å². The van der Waals surface area contributed by atoms with E-state index in [0.29, 0.717) is 24.2 Å². The fraction of sp³-hybridized carbons (Fsp3) is 0.333. The maximum absolute atomic E-state index is 11.9. The molecule has 120 valence electrons. The van der Waals surface area contributed by atoms with E-state index in [2.05, 4.69) is 15.5 Å². The van der Waals surface area contributed by atoms with E-state index in [9.17, 15) is 9.59 Å². The van der Waals surface area contributed by atoms with Crippen LogP contribution in [0, 0.1) is 13.8 Å². The Kier molecular flexibility index (Phi) is 4.33. The number of urea groups is 1. The Labute approximate surface area is 137 Å². The van der Waals surface area contributed by atoms with Crippen LogP contribution in [0.4, 0.5) is 4.79 Å². The van der Waals surface area contributed by atoms with E-state index in [1.165, 1.54) is 10.5 Å². The van der Waals surface area contributed by atoms with Gasteiger partial charge < -0.3 is 9.73 Å². The van der Waals surface area contributed by atoms with Gasteiger partial charge in [0.15, 0.2) is 0 Å². The Morgan fingerprint density at radius 3 is 2.87 bits per heavy atom. The maximum atomic E-state index is 11.9. The second-order valence-electron chi connectivity index (χ2n) is 5.24. The molecule has 0 unspecified atom stereocenters. The summed E-state index contributed by atoms with van der Waals surface area (Å²) in [5.41, 5.74) is 3.18. The molecule has 2 aromatic rings. The van der Waals surface area contributed by atoms with E-state index in [4.69, 9.17) is 4.42 Å². The number of aryl methyl sites for hydroxylation is 2. The monoisotopic (exact) mass is 332 g/mol. The molecule has 0 bridgehead atoms. The van der Waals surface area contributed by atoms with Gasteiger partial charge in [0, 0.05) is 18.7 Å². The molecule has 0 radical (unpaired) electrons. The predicted molar refractivity (Wildman–Crippen MR) is 85.0 cm³/mol. The van der Waals surface area contributed by atoms with Crippen molar-refractivity contribution in [3.63, 3.8) is 0 Å². The molecule has 1 fully saturated rings. The van der Waals surface area contributed by atoms with Gasteiger partial charge >= 0.3 is 6.03 Å². The molecule has 8 heteroatoms. The molecule has 1 aromatic heterocycles. The third-order valence-electron chi connectivity index (χ3n) is 3.64. The SMILES string of the molecule is Cc1ccc(-c2nnc(SCC(=O)N3CCNC3=O)o2)cc1C. The molecule has 3 rings (SSSR count). The Hall–Kier alpha value is -2.35. The summed E-state index contributed by atoms with van der Waals surface area (Å²) in [6.07, 6.45) is 0. The minimum absolute atomic E-state index is 0.0853. The molecule has 0 spiro atoms. The van der Waals surface area contributed by atoms with Crippen LogP contribution in [-0.4, -0.2) is 45.9 Å². The predicted octanol–water partition coefficient (Wildman–Crippen LogP) is 2.00. The average Bonchev–Trinajstić information content (AvgIpc) is 3.16. The van der Waals surface area contributed by atoms with Crippen molar-refractivity contribution in [2.24, 2.45) is 0 Å². The first-order valence-corrected chi connectivity index (χ1v) is 8.15. The minimum atomic E-state index is -0.350. The van der Waals surface area contributed by atoms with E-state index >= 15 is 0 Å². The molecule has 1 aliphatic heterocycles. The highest BCUT2D eigenvalue weighted by Crippen LogP contribution is 2.25. The van der Waals surface area contributed by atoms with E-state index in [0.717, 1.165) is 22.9 Å². The second kappa shape index (κ2) is 6.41. The Bertz CT molecular complexity index is 759. The highest BCUT2D eigenvalue weighted by molar-refractivity contribution is 7.99. The number of benzene rings is 1. The van der Waals surface area contributed by atoms with Gasteiger partial charge in [0.2, 0.25) is 11.8 Å². The quantitative estimate of drug-likeness (QED) is 0.862. The van der Waals surface area contributed by atoms with E-state index in [1.807, 2.05) is 32.0 Å². The molecule has 2 heterocycles. The highest BCUT2D eigenvalue weighted by atomic mass is 32.2. The van der Waals surface area contributed by atoms with Crippen LogP contribution in [0.15, 0.2) is 27.8 Å². The zero-order chi connectivity index (χ0) is 16.4. The Balaban J connectivity index is 1.64. The van der Waals surface area contributed by atoms with Crippen molar-refractivity contribution in [2.45, 2.75) is 19.1 Å². The van der Waals surface area contributed by atoms with Crippen molar-refractivity contribution >= 4 is 23.7 Å². The number of amides is 3. The van der Waals surface area contributed by atoms with Crippen molar-refractivity contribution in [1.29, 1.82) is 0 Å². The van der Waals surface area contributed by atoms with E-state index in [1.54, 1.807) is 0 Å². The van der Waals surface area contributed by atoms with Gasteiger partial charge in [0.1, 0.15) is 0 Å². The Morgan fingerprint density at radius 2 is 2.17 bits per heavy atom. The topological polar surface area (TPSA) is 88.3 Å². The van der Waals surface area contributed by atoms with Gasteiger partial charge in [-0.25, -0.2) is 4.79 Å². The number of carbonyl (C=O) groups is 2. The zero-order valence-corrected chi connectivity index (χ0v) is 13.6. The lowest BCUT2D eigenvalue weighted by Crippen LogP contribution is -2.35. The number of carbonyl (C=O) groups excluding carboxylic acids is 2. The lowest BCUT2D eigenvalue weighted by atomic mass is 10.1. The lowest BCUT2D eigenvalue weighted by molar-refractivity contribution is -0.124. The third kappa shape index (κ3) is 3.37. The number of aromatic nitrogens is 2. The third-order valence-corrected chi connectivity index (χ3v) is 4.44. The molecule has 3 amide bonds. The number of nitrogens with zero attached hydrogens (tertiary/aromatic N) is 3. The molecular weight excluding hydrogens is 316 g/mol. The van der Waals surface area contributed by atoms with Crippen molar-refractivity contribution in [2.75, 3.05) is 18.8 Å². The van der Waals surface area contributed by atoms with Crippen molar-refractivity contribution in [3.8, 4) is 11.5 Å². The van der Waals surface area contributed by atoms with Crippen LogP contribution in [0.2, 0.25) is 0 Å². The minimum Gasteiger partial charge on any atom is -0.411 e. The van der Waals surface area contributed by atoms with Crippen LogP contribution >= 0.6 is 11.8 Å². The zero-order valence-electron chi connectivity index (χ0n) is 12.8. The number of nitrogens with one attached hydrogen (secondary N) is 1. The summed E-state index contributed by atoms with van der Waals surface area (Å²) in [6.45, 7) is 4.95. The van der Waals surface area contributed by atoms with Gasteiger partial charge in [-0.05, 0) is 37.1 Å². The molecule has 1 aliphatic rings.